The molecule has 0 saturated carbocycles. The van der Waals surface area contributed by atoms with Crippen LogP contribution in [0.15, 0.2) is 22.7 Å². The van der Waals surface area contributed by atoms with Crippen LogP contribution >= 0.6 is 11.6 Å². The highest BCUT2D eigenvalue weighted by atomic mass is 35.5. The van der Waals surface area contributed by atoms with Crippen LogP contribution in [0.1, 0.15) is 35.5 Å². The second-order valence-corrected chi connectivity index (χ2v) is 5.24. The Hall–Kier alpha value is -1.92. The summed E-state index contributed by atoms with van der Waals surface area (Å²) in [5.74, 6) is 0.737. The average molecular weight is 310 g/mol. The van der Waals surface area contributed by atoms with Crippen molar-refractivity contribution in [1.29, 1.82) is 0 Å². The molecule has 1 aromatic carbocycles. The molecule has 2 aromatic rings. The summed E-state index contributed by atoms with van der Waals surface area (Å²) < 4.78 is 5.13. The molecule has 1 unspecified atom stereocenters. The van der Waals surface area contributed by atoms with Crippen LogP contribution in [-0.2, 0) is 6.54 Å². The summed E-state index contributed by atoms with van der Waals surface area (Å²) in [6.07, 6.45) is 0. The molecule has 0 amide bonds. The third-order valence-electron chi connectivity index (χ3n) is 3.40. The number of halogens is 1. The van der Waals surface area contributed by atoms with E-state index in [0.29, 0.717) is 17.1 Å². The first-order valence-corrected chi connectivity index (χ1v) is 6.87. The van der Waals surface area contributed by atoms with Gasteiger partial charge in [0.2, 0.25) is 0 Å². The summed E-state index contributed by atoms with van der Waals surface area (Å²) in [5.41, 5.74) is 2.26. The van der Waals surface area contributed by atoms with Crippen molar-refractivity contribution in [3.05, 3.63) is 55.9 Å². The number of nitro benzene ring substituents is 1. The molecule has 1 aromatic heterocycles. The second-order valence-electron chi connectivity index (χ2n) is 4.84. The van der Waals surface area contributed by atoms with Crippen LogP contribution in [0.5, 0.6) is 0 Å². The summed E-state index contributed by atoms with van der Waals surface area (Å²) in [5, 5.41) is 18.6. The molecule has 21 heavy (non-hydrogen) atoms. The van der Waals surface area contributed by atoms with E-state index in [1.54, 1.807) is 12.1 Å². The van der Waals surface area contributed by atoms with E-state index in [9.17, 15) is 10.1 Å². The Morgan fingerprint density at radius 2 is 2.19 bits per heavy atom. The molecule has 7 heteroatoms. The van der Waals surface area contributed by atoms with Crippen LogP contribution in [0.3, 0.4) is 0 Å². The zero-order chi connectivity index (χ0) is 15.6. The lowest BCUT2D eigenvalue weighted by Gasteiger charge is -2.14. The van der Waals surface area contributed by atoms with Crippen molar-refractivity contribution in [2.75, 3.05) is 0 Å². The van der Waals surface area contributed by atoms with E-state index in [1.165, 1.54) is 6.07 Å². The smallest absolute Gasteiger partial charge is 0.275 e. The van der Waals surface area contributed by atoms with Crippen molar-refractivity contribution in [1.82, 2.24) is 10.5 Å². The highest BCUT2D eigenvalue weighted by molar-refractivity contribution is 6.31. The van der Waals surface area contributed by atoms with Crippen LogP contribution < -0.4 is 5.32 Å². The predicted molar refractivity (Wildman–Crippen MR) is 79.3 cm³/mol. The number of nitrogens with zero attached hydrogens (tertiary/aromatic N) is 2. The van der Waals surface area contributed by atoms with Crippen LogP contribution in [0.25, 0.3) is 0 Å². The number of benzene rings is 1. The molecule has 1 heterocycles. The Kier molecular flexibility index (Phi) is 4.59. The maximum absolute atomic E-state index is 11.0. The van der Waals surface area contributed by atoms with Crippen LogP contribution in [0, 0.1) is 24.0 Å². The topological polar surface area (TPSA) is 81.2 Å². The van der Waals surface area contributed by atoms with E-state index in [0.717, 1.165) is 17.0 Å². The summed E-state index contributed by atoms with van der Waals surface area (Å²) in [6, 6.07) is 4.62. The van der Waals surface area contributed by atoms with Gasteiger partial charge in [-0.05, 0) is 26.8 Å². The van der Waals surface area contributed by atoms with Gasteiger partial charge in [0.25, 0.3) is 5.69 Å². The molecule has 0 spiro atoms. The normalized spacial score (nSPS) is 12.4. The molecule has 6 nitrogen and oxygen atoms in total. The molecular weight excluding hydrogens is 294 g/mol. The molecule has 1 N–H and O–H groups in total. The number of rotatable bonds is 5. The highest BCUT2D eigenvalue weighted by Gasteiger charge is 2.20. The summed E-state index contributed by atoms with van der Waals surface area (Å²) in [6.45, 7) is 5.95. The molecule has 112 valence electrons. The van der Waals surface area contributed by atoms with Gasteiger partial charge in [-0.25, -0.2) is 0 Å². The molecular formula is C14H16ClN3O3. The van der Waals surface area contributed by atoms with Crippen molar-refractivity contribution in [3.63, 3.8) is 0 Å². The van der Waals surface area contributed by atoms with E-state index in [-0.39, 0.29) is 11.7 Å². The highest BCUT2D eigenvalue weighted by Crippen LogP contribution is 2.27. The lowest BCUT2D eigenvalue weighted by atomic mass is 10.1. The lowest BCUT2D eigenvalue weighted by molar-refractivity contribution is -0.385. The maximum atomic E-state index is 11.0. The van der Waals surface area contributed by atoms with Crippen LogP contribution in [-0.4, -0.2) is 10.1 Å². The Bertz CT molecular complexity index is 650. The molecule has 0 bridgehead atoms. The van der Waals surface area contributed by atoms with Gasteiger partial charge in [-0.15, -0.1) is 0 Å². The first kappa shape index (κ1) is 15.5. The van der Waals surface area contributed by atoms with E-state index < -0.39 is 4.92 Å². The fourth-order valence-electron chi connectivity index (χ4n) is 2.36. The van der Waals surface area contributed by atoms with Gasteiger partial charge in [0.05, 0.1) is 21.2 Å². The van der Waals surface area contributed by atoms with Crippen molar-refractivity contribution in [2.45, 2.75) is 33.4 Å². The molecule has 0 aliphatic heterocycles. The minimum atomic E-state index is -0.427. The predicted octanol–water partition coefficient (Wildman–Crippen LogP) is 3.70. The van der Waals surface area contributed by atoms with Gasteiger partial charge in [0.1, 0.15) is 5.76 Å². The molecule has 1 atom stereocenters. The molecule has 0 aliphatic carbocycles. The first-order chi connectivity index (χ1) is 9.91. The van der Waals surface area contributed by atoms with E-state index >= 15 is 0 Å². The van der Waals surface area contributed by atoms with Gasteiger partial charge >= 0.3 is 0 Å². The van der Waals surface area contributed by atoms with Crippen LogP contribution in [0.4, 0.5) is 5.69 Å². The standard InChI is InChI=1S/C14H16ClN3O3/c1-8(14-9(2)17-21-10(14)3)16-7-11-12(15)5-4-6-13(11)18(19)20/h4-6,8,16H,7H2,1-3H3. The lowest BCUT2D eigenvalue weighted by Crippen LogP contribution is -2.20. The minimum absolute atomic E-state index is 0.0148. The second kappa shape index (κ2) is 6.24. The summed E-state index contributed by atoms with van der Waals surface area (Å²) in [7, 11) is 0. The van der Waals surface area contributed by atoms with E-state index in [2.05, 4.69) is 10.5 Å². The number of nitrogens with one attached hydrogen (secondary N) is 1. The zero-order valence-electron chi connectivity index (χ0n) is 12.0. The summed E-state index contributed by atoms with van der Waals surface area (Å²) >= 11 is 6.07. The molecule has 0 saturated heterocycles. The van der Waals surface area contributed by atoms with Gasteiger partial charge in [0, 0.05) is 24.2 Å². The number of aryl methyl sites for hydroxylation is 2. The average Bonchev–Trinajstić information content (AvgIpc) is 2.76. The van der Waals surface area contributed by atoms with Crippen molar-refractivity contribution < 1.29 is 9.45 Å². The van der Waals surface area contributed by atoms with Gasteiger partial charge in [-0.1, -0.05) is 22.8 Å². The summed E-state index contributed by atoms with van der Waals surface area (Å²) in [4.78, 5) is 10.6. The Balaban J connectivity index is 2.19. The Labute approximate surface area is 127 Å². The van der Waals surface area contributed by atoms with Crippen molar-refractivity contribution >= 4 is 17.3 Å². The van der Waals surface area contributed by atoms with Crippen molar-refractivity contribution in [3.8, 4) is 0 Å². The fraction of sp³-hybridized carbons (Fsp3) is 0.357. The number of hydrogen-bond donors (Lipinski definition) is 1. The molecule has 0 fully saturated rings. The maximum Gasteiger partial charge on any atom is 0.275 e. The van der Waals surface area contributed by atoms with Crippen molar-refractivity contribution in [2.24, 2.45) is 0 Å². The largest absolute Gasteiger partial charge is 0.361 e. The van der Waals surface area contributed by atoms with E-state index in [1.807, 2.05) is 20.8 Å². The zero-order valence-corrected chi connectivity index (χ0v) is 12.8. The van der Waals surface area contributed by atoms with Gasteiger partial charge in [-0.2, -0.15) is 0 Å². The third-order valence-corrected chi connectivity index (χ3v) is 3.75. The third kappa shape index (κ3) is 3.22. The molecule has 2 rings (SSSR count). The Morgan fingerprint density at radius 1 is 1.48 bits per heavy atom. The Morgan fingerprint density at radius 3 is 2.76 bits per heavy atom. The fourth-order valence-corrected chi connectivity index (χ4v) is 2.60. The quantitative estimate of drug-likeness (QED) is 0.672. The monoisotopic (exact) mass is 309 g/mol. The van der Waals surface area contributed by atoms with Gasteiger partial charge in [-0.3, -0.25) is 10.1 Å². The van der Waals surface area contributed by atoms with Crippen LogP contribution in [0.2, 0.25) is 5.02 Å². The van der Waals surface area contributed by atoms with Gasteiger partial charge < -0.3 is 9.84 Å². The molecule has 0 radical (unpaired) electrons. The minimum Gasteiger partial charge on any atom is -0.361 e. The number of nitro groups is 1. The SMILES string of the molecule is Cc1noc(C)c1C(C)NCc1c(Cl)cccc1[N+](=O)[O-]. The first-order valence-electron chi connectivity index (χ1n) is 6.49. The van der Waals surface area contributed by atoms with Gasteiger partial charge in [0.15, 0.2) is 0 Å². The molecule has 0 aliphatic rings. The number of hydrogen-bond acceptors (Lipinski definition) is 5. The van der Waals surface area contributed by atoms with E-state index in [4.69, 9.17) is 16.1 Å². The number of aromatic nitrogens is 1.